The van der Waals surface area contributed by atoms with Crippen molar-refractivity contribution in [2.45, 2.75) is 37.9 Å². The largest absolute Gasteiger partial charge is 0.347 e. The number of H-pyrrole nitrogens is 1. The van der Waals surface area contributed by atoms with Crippen LogP contribution in [0.2, 0.25) is 0 Å². The number of nitrogens with two attached hydrogens (primary N) is 1. The van der Waals surface area contributed by atoms with E-state index in [2.05, 4.69) is 10.7 Å². The van der Waals surface area contributed by atoms with Crippen LogP contribution in [-0.2, 0) is 17.6 Å². The lowest BCUT2D eigenvalue weighted by Gasteiger charge is -2.26. The van der Waals surface area contributed by atoms with E-state index in [1.54, 1.807) is 16.2 Å². The molecule has 1 aliphatic heterocycles. The molecule has 3 atom stereocenters. The van der Waals surface area contributed by atoms with Crippen molar-refractivity contribution in [3.05, 3.63) is 10.6 Å². The van der Waals surface area contributed by atoms with E-state index < -0.39 is 6.17 Å². The average Bonchev–Trinajstić information content (AvgIpc) is 3.00. The second-order valence-electron chi connectivity index (χ2n) is 5.77. The van der Waals surface area contributed by atoms with Gasteiger partial charge >= 0.3 is 5.13 Å². The molecule has 1 unspecified atom stereocenters. The van der Waals surface area contributed by atoms with Gasteiger partial charge in [0.05, 0.1) is 11.4 Å². The third kappa shape index (κ3) is 2.52. The smallest absolute Gasteiger partial charge is 0.329 e. The minimum Gasteiger partial charge on any atom is -0.347 e. The van der Waals surface area contributed by atoms with Crippen LogP contribution in [0.15, 0.2) is 0 Å². The van der Waals surface area contributed by atoms with Crippen molar-refractivity contribution < 1.29 is 19.9 Å². The van der Waals surface area contributed by atoms with Gasteiger partial charge in [0.15, 0.2) is 6.04 Å². The highest BCUT2D eigenvalue weighted by atomic mass is 32.1. The van der Waals surface area contributed by atoms with Crippen molar-refractivity contribution in [2.75, 3.05) is 18.8 Å². The first kappa shape index (κ1) is 13.8. The lowest BCUT2D eigenvalue weighted by atomic mass is 9.85. The maximum Gasteiger partial charge on any atom is 0.329 e. The highest BCUT2D eigenvalue weighted by molar-refractivity contribution is 7.15. The summed E-state index contributed by atoms with van der Waals surface area (Å²) in [6.45, 7) is 0.770. The molecule has 0 radical (unpaired) electrons. The van der Waals surface area contributed by atoms with E-state index in [0.29, 0.717) is 13.0 Å². The Morgan fingerprint density at radius 1 is 1.55 bits per heavy atom. The molecule has 110 valence electrons. The first-order valence-electron chi connectivity index (χ1n) is 7.10. The Morgan fingerprint density at radius 3 is 3.05 bits per heavy atom. The van der Waals surface area contributed by atoms with Crippen LogP contribution < -0.4 is 16.5 Å². The molecular formula is C13H21FN4OS+2. The van der Waals surface area contributed by atoms with E-state index in [1.165, 1.54) is 10.6 Å². The molecule has 0 spiro atoms. The topological polar surface area (TPSA) is 88.1 Å². The van der Waals surface area contributed by atoms with Crippen molar-refractivity contribution >= 4 is 22.4 Å². The second kappa shape index (κ2) is 5.29. The van der Waals surface area contributed by atoms with Gasteiger partial charge in [-0.3, -0.25) is 10.5 Å². The van der Waals surface area contributed by atoms with Gasteiger partial charge in [-0.25, -0.2) is 9.37 Å². The fraction of sp³-hybridized carbons (Fsp3) is 0.692. The molecule has 1 saturated heterocycles. The van der Waals surface area contributed by atoms with Gasteiger partial charge in [-0.2, -0.15) is 0 Å². The van der Waals surface area contributed by atoms with E-state index in [4.69, 9.17) is 5.73 Å². The molecule has 1 aromatic rings. The quantitative estimate of drug-likeness (QED) is 0.766. The number of aromatic amines is 1. The fourth-order valence-corrected chi connectivity index (χ4v) is 4.19. The number of thiazole rings is 1. The number of anilines is 1. The van der Waals surface area contributed by atoms with Crippen LogP contribution in [0.5, 0.6) is 0 Å². The maximum absolute atomic E-state index is 13.2. The standard InChI is InChI=1S/C13H19FN4OS/c14-8-3-4-18(6-8)12(19)11(15)7-1-2-9-10(5-7)20-13(16)17-9/h7-8,11H,1-6,15H2,(H2,16,17)/p+2/t7?,8-,11-/m0/s1. The molecule has 1 amide bonds. The number of carbonyl (C=O) groups is 1. The molecule has 7 heteroatoms. The number of rotatable bonds is 2. The van der Waals surface area contributed by atoms with Gasteiger partial charge in [0.2, 0.25) is 0 Å². The molecule has 1 aliphatic carbocycles. The number of aromatic nitrogens is 1. The van der Waals surface area contributed by atoms with Gasteiger partial charge in [-0.05, 0) is 19.3 Å². The molecule has 2 heterocycles. The van der Waals surface area contributed by atoms with Crippen LogP contribution in [0.3, 0.4) is 0 Å². The van der Waals surface area contributed by atoms with Crippen LogP contribution in [-0.4, -0.2) is 36.1 Å². The van der Waals surface area contributed by atoms with Crippen molar-refractivity contribution in [3.63, 3.8) is 0 Å². The number of hydrogen-bond donors (Lipinski definition) is 2. The van der Waals surface area contributed by atoms with Crippen LogP contribution in [0.25, 0.3) is 0 Å². The zero-order chi connectivity index (χ0) is 14.3. The molecule has 20 heavy (non-hydrogen) atoms. The number of hydrogen-bond acceptors (Lipinski definition) is 3. The number of likely N-dealkylation sites (tertiary alicyclic amines) is 1. The summed E-state index contributed by atoms with van der Waals surface area (Å²) >= 11 is 1.57. The Kier molecular flexibility index (Phi) is 3.64. The number of nitrogen functional groups attached to an aromatic ring is 1. The normalized spacial score (nSPS) is 27.4. The SMILES string of the molecule is Nc1[nH+]c2c(s1)CC([C@H]([NH3+])C(=O)N1CC[C@H](F)C1)CC2. The monoisotopic (exact) mass is 300 g/mol. The van der Waals surface area contributed by atoms with E-state index >= 15 is 0 Å². The molecule has 2 aliphatic rings. The number of nitrogens with one attached hydrogen (secondary N) is 1. The Labute approximate surface area is 121 Å². The Morgan fingerprint density at radius 2 is 2.35 bits per heavy atom. The molecule has 0 saturated carbocycles. The number of nitrogens with zero attached hydrogens (tertiary/aromatic N) is 1. The van der Waals surface area contributed by atoms with Gasteiger partial charge < -0.3 is 10.6 Å². The molecule has 5 nitrogen and oxygen atoms in total. The van der Waals surface area contributed by atoms with Gasteiger partial charge in [-0.1, -0.05) is 11.3 Å². The van der Waals surface area contributed by atoms with Crippen molar-refractivity contribution in [3.8, 4) is 0 Å². The van der Waals surface area contributed by atoms with Gasteiger partial charge in [-0.15, -0.1) is 0 Å². The zero-order valence-electron chi connectivity index (χ0n) is 11.4. The van der Waals surface area contributed by atoms with Gasteiger partial charge in [0.1, 0.15) is 11.9 Å². The molecule has 6 N–H and O–H groups in total. The first-order valence-corrected chi connectivity index (χ1v) is 7.91. The third-order valence-corrected chi connectivity index (χ3v) is 5.37. The number of fused-ring (bicyclic) bond motifs is 1. The Bertz CT molecular complexity index is 520. The highest BCUT2D eigenvalue weighted by Crippen LogP contribution is 2.30. The van der Waals surface area contributed by atoms with E-state index in [-0.39, 0.29) is 24.4 Å². The number of amides is 1. The highest BCUT2D eigenvalue weighted by Gasteiger charge is 2.38. The Hall–Kier alpha value is -1.21. The fourth-order valence-electron chi connectivity index (χ4n) is 3.17. The predicted molar refractivity (Wildman–Crippen MR) is 73.6 cm³/mol. The van der Waals surface area contributed by atoms with E-state index in [0.717, 1.165) is 24.4 Å². The van der Waals surface area contributed by atoms with Crippen molar-refractivity contribution in [1.29, 1.82) is 0 Å². The number of alkyl halides is 1. The number of carbonyl (C=O) groups excluding carboxylic acids is 1. The lowest BCUT2D eigenvalue weighted by molar-refractivity contribution is -0.420. The van der Waals surface area contributed by atoms with E-state index in [1.807, 2.05) is 0 Å². The number of quaternary nitrogens is 1. The molecule has 1 aromatic heterocycles. The number of aryl methyl sites for hydroxylation is 1. The summed E-state index contributed by atoms with van der Waals surface area (Å²) in [6, 6.07) is -0.281. The maximum atomic E-state index is 13.2. The lowest BCUT2D eigenvalue weighted by Crippen LogP contribution is -2.71. The summed E-state index contributed by atoms with van der Waals surface area (Å²) in [4.78, 5) is 18.4. The summed E-state index contributed by atoms with van der Waals surface area (Å²) < 4.78 is 13.2. The van der Waals surface area contributed by atoms with Crippen molar-refractivity contribution in [1.82, 2.24) is 4.90 Å². The predicted octanol–water partition coefficient (Wildman–Crippen LogP) is -0.570. The van der Waals surface area contributed by atoms with Crippen molar-refractivity contribution in [2.24, 2.45) is 5.92 Å². The summed E-state index contributed by atoms with van der Waals surface area (Å²) in [5, 5.41) is 0.724. The third-order valence-electron chi connectivity index (χ3n) is 4.39. The minimum atomic E-state index is -0.865. The molecular weight excluding hydrogens is 279 g/mol. The van der Waals surface area contributed by atoms with E-state index in [9.17, 15) is 9.18 Å². The molecule has 1 fully saturated rings. The summed E-state index contributed by atoms with van der Waals surface area (Å²) in [5.41, 5.74) is 11.0. The summed E-state index contributed by atoms with van der Waals surface area (Å²) in [6.07, 6.45) is 2.30. The molecule has 0 aromatic carbocycles. The second-order valence-corrected chi connectivity index (χ2v) is 6.91. The summed E-state index contributed by atoms with van der Waals surface area (Å²) in [7, 11) is 0. The molecule has 3 rings (SSSR count). The van der Waals surface area contributed by atoms with Gasteiger partial charge in [0.25, 0.3) is 5.91 Å². The summed E-state index contributed by atoms with van der Waals surface area (Å²) in [5.74, 6) is 0.243. The molecule has 0 bridgehead atoms. The van der Waals surface area contributed by atoms with Crippen LogP contribution in [0.1, 0.15) is 23.4 Å². The van der Waals surface area contributed by atoms with Crippen LogP contribution in [0, 0.1) is 5.92 Å². The van der Waals surface area contributed by atoms with Gasteiger partial charge in [0, 0.05) is 18.9 Å². The minimum absolute atomic E-state index is 0.00658. The van der Waals surface area contributed by atoms with Crippen LogP contribution >= 0.6 is 11.3 Å². The average molecular weight is 300 g/mol. The zero-order valence-corrected chi connectivity index (χ0v) is 12.2. The van der Waals surface area contributed by atoms with Crippen LogP contribution in [0.4, 0.5) is 9.52 Å². The first-order chi connectivity index (χ1) is 9.54. The number of halogens is 1. The Balaban J connectivity index is 1.66.